The molecule has 0 aliphatic rings. The van der Waals surface area contributed by atoms with Gasteiger partial charge in [-0.1, -0.05) is 161 Å². The SMILES string of the molecule is CC/C=C\C/C=C\C/C=C\C/C=C\C/C=C\C/C=C\C/C=C\C/C=C\CCCCCCC(=O)NC(COP(=O)([O-])OCC[N+](C)(C)C)C(O)C(O)CCC/C=C/CC/C=C/CCCCC. The number of nitrogens with zero attached hydrogens (tertiary/aromatic N) is 1. The standard InChI is InChI=1S/C55H93N2O7P/c1-6-8-10-12-14-16-18-20-21-22-23-24-25-26-27-28-29-30-31-32-33-34-35-36-38-40-42-44-46-48-54(59)56-52(51-64-65(61,62)63-50-49-57(3,4)5)55(60)53(58)47-45-43-41-39-37-19-17-15-13-11-9-7-2/h8,10,14-17,20-21,23-24,26-27,29-30,32-33,35-36,39,41,52-53,55,58,60H,6-7,9,11-13,18-19,22,25,28,31,34,37-38,40,42-51H2,1-5H3,(H-,56,59,61,62)/b10-8-,16-14-,17-15+,21-20-,24-23-,27-26-,30-29-,33-32-,36-35-,41-39+. The van der Waals surface area contributed by atoms with E-state index in [1.165, 1.54) is 19.3 Å². The van der Waals surface area contributed by atoms with Crippen LogP contribution in [0.3, 0.4) is 0 Å². The molecule has 0 saturated carbocycles. The molecule has 0 aliphatic carbocycles. The summed E-state index contributed by atoms with van der Waals surface area (Å²) in [6.45, 7) is 4.21. The number of amides is 1. The highest BCUT2D eigenvalue weighted by molar-refractivity contribution is 7.45. The molecule has 0 aromatic rings. The van der Waals surface area contributed by atoms with E-state index >= 15 is 0 Å². The third kappa shape index (κ3) is 45.8. The summed E-state index contributed by atoms with van der Waals surface area (Å²) in [6, 6.07) is -1.12. The van der Waals surface area contributed by atoms with Gasteiger partial charge < -0.3 is 34.0 Å². The number of quaternary nitrogens is 1. The van der Waals surface area contributed by atoms with Gasteiger partial charge in [-0.25, -0.2) is 0 Å². The largest absolute Gasteiger partial charge is 0.756 e. The molecule has 0 aliphatic heterocycles. The van der Waals surface area contributed by atoms with Gasteiger partial charge in [0.2, 0.25) is 5.91 Å². The van der Waals surface area contributed by atoms with Gasteiger partial charge in [0.25, 0.3) is 7.82 Å². The number of hydrogen-bond acceptors (Lipinski definition) is 7. The van der Waals surface area contributed by atoms with Crippen molar-refractivity contribution in [2.24, 2.45) is 0 Å². The summed E-state index contributed by atoms with van der Waals surface area (Å²) in [5, 5.41) is 24.6. The number of phosphoric ester groups is 1. The van der Waals surface area contributed by atoms with Gasteiger partial charge in [-0.05, 0) is 116 Å². The Bertz CT molecular complexity index is 1480. The minimum atomic E-state index is -4.70. The molecule has 4 unspecified atom stereocenters. The third-order valence-corrected chi connectivity index (χ3v) is 11.2. The van der Waals surface area contributed by atoms with Gasteiger partial charge in [0.1, 0.15) is 19.3 Å². The molecular formula is C55H93N2O7P. The summed E-state index contributed by atoms with van der Waals surface area (Å²) >= 11 is 0. The predicted molar refractivity (Wildman–Crippen MR) is 275 cm³/mol. The highest BCUT2D eigenvalue weighted by Crippen LogP contribution is 2.38. The topological polar surface area (TPSA) is 128 Å². The Morgan fingerprint density at radius 2 is 0.985 bits per heavy atom. The van der Waals surface area contributed by atoms with Crippen LogP contribution in [0, 0.1) is 0 Å². The van der Waals surface area contributed by atoms with E-state index in [1.807, 2.05) is 21.1 Å². The summed E-state index contributed by atoms with van der Waals surface area (Å²) < 4.78 is 23.1. The summed E-state index contributed by atoms with van der Waals surface area (Å²) in [7, 11) is 1.05. The van der Waals surface area contributed by atoms with Crippen LogP contribution >= 0.6 is 7.82 Å². The lowest BCUT2D eigenvalue weighted by molar-refractivity contribution is -0.870. The fourth-order valence-corrected chi connectivity index (χ4v) is 7.01. The second-order valence-corrected chi connectivity index (χ2v) is 19.0. The predicted octanol–water partition coefficient (Wildman–Crippen LogP) is 13.0. The van der Waals surface area contributed by atoms with E-state index in [1.54, 1.807) is 0 Å². The third-order valence-electron chi connectivity index (χ3n) is 10.3. The molecule has 0 heterocycles. The van der Waals surface area contributed by atoms with Crippen molar-refractivity contribution in [3.05, 3.63) is 122 Å². The van der Waals surface area contributed by atoms with E-state index in [-0.39, 0.29) is 18.9 Å². The molecule has 370 valence electrons. The molecule has 9 nitrogen and oxygen atoms in total. The molecule has 65 heavy (non-hydrogen) atoms. The van der Waals surface area contributed by atoms with Crippen molar-refractivity contribution < 1.29 is 38.0 Å². The first-order valence-corrected chi connectivity index (χ1v) is 26.4. The maximum Gasteiger partial charge on any atom is 0.268 e. The maximum atomic E-state index is 12.9. The molecule has 0 saturated heterocycles. The Hall–Kier alpha value is -3.14. The molecule has 0 bridgehead atoms. The molecule has 0 aromatic carbocycles. The average Bonchev–Trinajstić information content (AvgIpc) is 3.26. The molecule has 0 aromatic heterocycles. The quantitative estimate of drug-likeness (QED) is 0.0240. The van der Waals surface area contributed by atoms with Crippen LogP contribution in [0.25, 0.3) is 0 Å². The molecule has 10 heteroatoms. The van der Waals surface area contributed by atoms with E-state index in [0.29, 0.717) is 30.3 Å². The number of phosphoric acid groups is 1. The first-order valence-electron chi connectivity index (χ1n) is 25.0. The van der Waals surface area contributed by atoms with Crippen LogP contribution in [-0.4, -0.2) is 79.8 Å². The lowest BCUT2D eigenvalue weighted by Crippen LogP contribution is -2.51. The van der Waals surface area contributed by atoms with Crippen molar-refractivity contribution in [3.8, 4) is 0 Å². The first-order chi connectivity index (χ1) is 31.4. The van der Waals surface area contributed by atoms with Crippen LogP contribution in [0.4, 0.5) is 0 Å². The van der Waals surface area contributed by atoms with Gasteiger partial charge in [-0.15, -0.1) is 0 Å². The smallest absolute Gasteiger partial charge is 0.268 e. The van der Waals surface area contributed by atoms with Crippen LogP contribution in [0.15, 0.2) is 122 Å². The molecule has 0 radical (unpaired) electrons. The minimum Gasteiger partial charge on any atom is -0.756 e. The van der Waals surface area contributed by atoms with Gasteiger partial charge in [0.05, 0.1) is 39.9 Å². The summed E-state index contributed by atoms with van der Waals surface area (Å²) in [6.07, 6.45) is 62.5. The zero-order valence-electron chi connectivity index (χ0n) is 41.5. The Balaban J connectivity index is 4.45. The van der Waals surface area contributed by atoms with Gasteiger partial charge in [-0.3, -0.25) is 9.36 Å². The second kappa shape index (κ2) is 44.7. The molecule has 3 N–H and O–H groups in total. The number of unbranched alkanes of at least 4 members (excludes halogenated alkanes) is 9. The number of likely N-dealkylation sites (N-methyl/N-ethyl adjacent to an activating group) is 1. The molecule has 4 atom stereocenters. The summed E-state index contributed by atoms with van der Waals surface area (Å²) in [4.78, 5) is 25.4. The first kappa shape index (κ1) is 61.9. The zero-order valence-corrected chi connectivity index (χ0v) is 42.4. The Kier molecular flexibility index (Phi) is 42.5. The fourth-order valence-electron chi connectivity index (χ4n) is 6.28. The van der Waals surface area contributed by atoms with E-state index in [9.17, 15) is 24.5 Å². The summed E-state index contributed by atoms with van der Waals surface area (Å²) in [5.74, 6) is -0.324. The maximum absolute atomic E-state index is 12.9. The molecule has 0 spiro atoms. The van der Waals surface area contributed by atoms with Gasteiger partial charge in [-0.2, -0.15) is 0 Å². The van der Waals surface area contributed by atoms with Crippen LogP contribution < -0.4 is 10.2 Å². The van der Waals surface area contributed by atoms with Crippen LogP contribution in [0.5, 0.6) is 0 Å². The number of aliphatic hydroxyl groups is 2. The fraction of sp³-hybridized carbons (Fsp3) is 0.618. The Labute approximate surface area is 397 Å². The highest BCUT2D eigenvalue weighted by Gasteiger charge is 2.29. The number of aliphatic hydroxyl groups excluding tert-OH is 2. The van der Waals surface area contributed by atoms with Crippen molar-refractivity contribution >= 4 is 13.7 Å². The normalized spacial score (nSPS) is 15.6. The van der Waals surface area contributed by atoms with Crippen molar-refractivity contribution in [1.82, 2.24) is 5.32 Å². The van der Waals surface area contributed by atoms with Crippen LogP contribution in [-0.2, 0) is 18.4 Å². The number of carbonyl (C=O) groups is 1. The average molecular weight is 925 g/mol. The Morgan fingerprint density at radius 1 is 0.569 bits per heavy atom. The van der Waals surface area contributed by atoms with E-state index in [4.69, 9.17) is 9.05 Å². The lowest BCUT2D eigenvalue weighted by Gasteiger charge is -2.31. The number of rotatable bonds is 43. The number of hydrogen-bond donors (Lipinski definition) is 3. The zero-order chi connectivity index (χ0) is 48.0. The lowest BCUT2D eigenvalue weighted by atomic mass is 10.0. The van der Waals surface area contributed by atoms with E-state index in [2.05, 4.69) is 141 Å². The van der Waals surface area contributed by atoms with Crippen molar-refractivity contribution in [2.45, 2.75) is 180 Å². The molecule has 0 rings (SSSR count). The van der Waals surface area contributed by atoms with Gasteiger partial charge in [0.15, 0.2) is 0 Å². The molecule has 0 fully saturated rings. The Morgan fingerprint density at radius 3 is 1.46 bits per heavy atom. The van der Waals surface area contributed by atoms with E-state index in [0.717, 1.165) is 103 Å². The van der Waals surface area contributed by atoms with Crippen molar-refractivity contribution in [2.75, 3.05) is 40.9 Å². The molecule has 1 amide bonds. The minimum absolute atomic E-state index is 0.0617. The van der Waals surface area contributed by atoms with Gasteiger partial charge >= 0.3 is 0 Å². The highest BCUT2D eigenvalue weighted by atomic mass is 31.2. The van der Waals surface area contributed by atoms with Gasteiger partial charge in [0, 0.05) is 6.42 Å². The number of nitrogens with one attached hydrogen (secondary N) is 1. The van der Waals surface area contributed by atoms with Crippen molar-refractivity contribution in [3.63, 3.8) is 0 Å². The number of carbonyl (C=O) groups excluding carboxylic acids is 1. The molecular weight excluding hydrogens is 832 g/mol. The van der Waals surface area contributed by atoms with E-state index < -0.39 is 32.7 Å². The van der Waals surface area contributed by atoms with Crippen LogP contribution in [0.2, 0.25) is 0 Å². The summed E-state index contributed by atoms with van der Waals surface area (Å²) in [5.41, 5.74) is 0. The van der Waals surface area contributed by atoms with Crippen molar-refractivity contribution in [1.29, 1.82) is 0 Å². The number of allylic oxidation sites excluding steroid dienone is 20. The van der Waals surface area contributed by atoms with Crippen LogP contribution in [0.1, 0.15) is 162 Å². The second-order valence-electron chi connectivity index (χ2n) is 17.6. The monoisotopic (exact) mass is 925 g/mol.